The van der Waals surface area contributed by atoms with Gasteiger partial charge in [0.05, 0.1) is 23.2 Å². The van der Waals surface area contributed by atoms with Crippen LogP contribution in [0.3, 0.4) is 0 Å². The molecule has 0 radical (unpaired) electrons. The van der Waals surface area contributed by atoms with Crippen LogP contribution in [0.5, 0.6) is 0 Å². The number of hydrogen-bond acceptors (Lipinski definition) is 5. The van der Waals surface area contributed by atoms with E-state index in [1.165, 1.54) is 0 Å². The van der Waals surface area contributed by atoms with Crippen molar-refractivity contribution in [3.63, 3.8) is 0 Å². The second-order valence-electron chi connectivity index (χ2n) is 8.44. The number of amides is 2. The van der Waals surface area contributed by atoms with Gasteiger partial charge in [-0.1, -0.05) is 12.1 Å². The Morgan fingerprint density at radius 1 is 1.03 bits per heavy atom. The molecule has 8 nitrogen and oxygen atoms in total. The third kappa shape index (κ3) is 5.41. The minimum atomic E-state index is -6.16. The van der Waals surface area contributed by atoms with Crippen LogP contribution in [-0.4, -0.2) is 50.3 Å². The van der Waals surface area contributed by atoms with Crippen LogP contribution in [0.25, 0.3) is 0 Å². The molecule has 1 aliphatic heterocycles. The average Bonchev–Trinajstić information content (AvgIpc) is 2.80. The number of rotatable bonds is 7. The molecule has 208 valence electrons. The molecule has 0 aliphatic carbocycles. The van der Waals surface area contributed by atoms with Crippen LogP contribution in [0, 0.1) is 5.82 Å². The summed E-state index contributed by atoms with van der Waals surface area (Å²) in [5.41, 5.74) is -2.48. The van der Waals surface area contributed by atoms with Gasteiger partial charge in [-0.15, -0.1) is 0 Å². The van der Waals surface area contributed by atoms with Gasteiger partial charge in [-0.3, -0.25) is 13.9 Å². The minimum absolute atomic E-state index is 0.239. The van der Waals surface area contributed by atoms with Crippen molar-refractivity contribution in [2.75, 3.05) is 10.8 Å². The molecule has 2 aromatic rings. The molecule has 0 saturated heterocycles. The third-order valence-corrected chi connectivity index (χ3v) is 7.77. The number of carbonyl (C=O) groups excluding carboxylic acids is 2. The first-order valence-electron chi connectivity index (χ1n) is 10.7. The summed E-state index contributed by atoms with van der Waals surface area (Å²) in [6.45, 7) is -0.566. The molecule has 0 saturated carbocycles. The van der Waals surface area contributed by atoms with Gasteiger partial charge >= 0.3 is 12.4 Å². The maximum atomic E-state index is 13.5. The molecular weight excluding hydrogens is 551 g/mol. The number of alkyl halides is 6. The molecule has 1 atom stereocenters. The highest BCUT2D eigenvalue weighted by molar-refractivity contribution is 7.92. The van der Waals surface area contributed by atoms with Crippen LogP contribution < -0.4 is 15.4 Å². The Balaban J connectivity index is 2.14. The zero-order valence-corrected chi connectivity index (χ0v) is 19.9. The molecular formula is C22H20F7N3O5S. The molecule has 4 N–H and O–H groups in total. The first kappa shape index (κ1) is 29.2. The van der Waals surface area contributed by atoms with Crippen molar-refractivity contribution in [1.82, 2.24) is 5.32 Å². The largest absolute Gasteiger partial charge is 0.430 e. The quantitative estimate of drug-likeness (QED) is 0.440. The van der Waals surface area contributed by atoms with Gasteiger partial charge in [0.25, 0.3) is 15.6 Å². The lowest BCUT2D eigenvalue weighted by Crippen LogP contribution is -2.54. The van der Waals surface area contributed by atoms with E-state index in [4.69, 9.17) is 5.73 Å². The summed E-state index contributed by atoms with van der Waals surface area (Å²) < 4.78 is 121. The summed E-state index contributed by atoms with van der Waals surface area (Å²) >= 11 is 0. The molecule has 1 aliphatic rings. The van der Waals surface area contributed by atoms with Gasteiger partial charge in [0.15, 0.2) is 0 Å². The van der Waals surface area contributed by atoms with E-state index in [0.29, 0.717) is 22.5 Å². The summed E-state index contributed by atoms with van der Waals surface area (Å²) in [6.07, 6.45) is -13.4. The lowest BCUT2D eigenvalue weighted by atomic mass is 9.87. The van der Waals surface area contributed by atoms with Crippen molar-refractivity contribution in [3.8, 4) is 0 Å². The lowest BCUT2D eigenvalue weighted by Gasteiger charge is -2.39. The topological polar surface area (TPSA) is 130 Å². The monoisotopic (exact) mass is 571 g/mol. The Bertz CT molecular complexity index is 1310. The van der Waals surface area contributed by atoms with Crippen molar-refractivity contribution in [2.24, 2.45) is 5.73 Å². The zero-order chi connectivity index (χ0) is 28.7. The smallest absolute Gasteiger partial charge is 0.369 e. The number of aliphatic hydroxyl groups is 1. The predicted molar refractivity (Wildman–Crippen MR) is 117 cm³/mol. The standard InChI is InChI=1S/C22H20F7N3O5S/c23-14-3-6-16(7-4-14)38(36,37)32-15(10-19(34)31-11-18(30)33)5-1-12-9-13(2-8-17(12)32)20(35,21(24,25)26)22(27,28)29/h2-4,6-9,15,35H,1,5,10-11H2,(H2,30,33)(H,31,34)/t15-/m0/s1. The first-order valence-corrected chi connectivity index (χ1v) is 12.2. The van der Waals surface area contributed by atoms with Crippen molar-refractivity contribution in [3.05, 3.63) is 59.4 Å². The maximum absolute atomic E-state index is 13.5. The summed E-state index contributed by atoms with van der Waals surface area (Å²) in [4.78, 5) is 22.8. The summed E-state index contributed by atoms with van der Waals surface area (Å²) in [7, 11) is -4.64. The van der Waals surface area contributed by atoms with E-state index >= 15 is 0 Å². The number of nitrogens with zero attached hydrogens (tertiary/aromatic N) is 1. The fraction of sp³-hybridized carbons (Fsp3) is 0.364. The Morgan fingerprint density at radius 2 is 1.61 bits per heavy atom. The van der Waals surface area contributed by atoms with Crippen LogP contribution in [0.15, 0.2) is 47.4 Å². The minimum Gasteiger partial charge on any atom is -0.369 e. The molecule has 0 unspecified atom stereocenters. The second kappa shape index (κ2) is 10.1. The van der Waals surface area contributed by atoms with Crippen LogP contribution in [0.4, 0.5) is 36.4 Å². The van der Waals surface area contributed by atoms with Crippen LogP contribution >= 0.6 is 0 Å². The van der Waals surface area contributed by atoms with Gasteiger partial charge in [-0.2, -0.15) is 26.3 Å². The normalized spacial score (nSPS) is 16.6. The molecule has 0 spiro atoms. The number of sulfonamides is 1. The second-order valence-corrected chi connectivity index (χ2v) is 10.3. The van der Waals surface area contributed by atoms with Gasteiger partial charge in [-0.25, -0.2) is 12.8 Å². The lowest BCUT2D eigenvalue weighted by molar-refractivity contribution is -0.376. The van der Waals surface area contributed by atoms with Gasteiger partial charge < -0.3 is 16.2 Å². The van der Waals surface area contributed by atoms with Crippen molar-refractivity contribution in [2.45, 2.75) is 48.2 Å². The number of benzene rings is 2. The van der Waals surface area contributed by atoms with Gasteiger partial charge in [0.1, 0.15) is 5.82 Å². The van der Waals surface area contributed by atoms with E-state index in [1.807, 2.05) is 0 Å². The fourth-order valence-electron chi connectivity index (χ4n) is 4.05. The van der Waals surface area contributed by atoms with Crippen molar-refractivity contribution < 1.29 is 53.8 Å². The van der Waals surface area contributed by atoms with Gasteiger partial charge in [0, 0.05) is 12.0 Å². The van der Waals surface area contributed by atoms with Crippen LogP contribution in [0.2, 0.25) is 0 Å². The average molecular weight is 571 g/mol. The SMILES string of the molecule is NC(=O)CNC(=O)C[C@@H]1CCc2cc(C(O)(C(F)(F)F)C(F)(F)F)ccc2N1S(=O)(=O)c1ccc(F)cc1. The maximum Gasteiger partial charge on any atom is 0.430 e. The summed E-state index contributed by atoms with van der Waals surface area (Å²) in [6, 6.07) is 3.61. The number of nitrogens with two attached hydrogens (primary N) is 1. The fourth-order valence-corrected chi connectivity index (χ4v) is 5.77. The highest BCUT2D eigenvalue weighted by Gasteiger charge is 2.71. The highest BCUT2D eigenvalue weighted by atomic mass is 32.2. The Kier molecular flexibility index (Phi) is 7.71. The van der Waals surface area contributed by atoms with E-state index in [2.05, 4.69) is 5.32 Å². The Hall–Kier alpha value is -3.40. The Morgan fingerprint density at radius 3 is 2.13 bits per heavy atom. The number of carbonyl (C=O) groups is 2. The van der Waals surface area contributed by atoms with E-state index in [1.54, 1.807) is 0 Å². The molecule has 3 rings (SSSR count). The number of primary amides is 1. The van der Waals surface area contributed by atoms with E-state index in [-0.39, 0.29) is 24.1 Å². The van der Waals surface area contributed by atoms with Crippen LogP contribution in [0.1, 0.15) is 24.0 Å². The van der Waals surface area contributed by atoms with Gasteiger partial charge in [-0.05, 0) is 48.7 Å². The summed E-state index contributed by atoms with van der Waals surface area (Å²) in [5, 5.41) is 11.9. The Labute approximate surface area is 211 Å². The molecule has 38 heavy (non-hydrogen) atoms. The van der Waals surface area contributed by atoms with E-state index in [0.717, 1.165) is 24.3 Å². The van der Waals surface area contributed by atoms with E-state index in [9.17, 15) is 53.8 Å². The molecule has 0 fully saturated rings. The molecule has 2 amide bonds. The third-order valence-electron chi connectivity index (χ3n) is 5.88. The molecule has 16 heteroatoms. The molecule has 1 heterocycles. The van der Waals surface area contributed by atoms with E-state index < -0.39 is 75.1 Å². The molecule has 2 aromatic carbocycles. The number of aryl methyl sites for hydroxylation is 1. The predicted octanol–water partition coefficient (Wildman–Crippen LogP) is 2.64. The molecule has 0 bridgehead atoms. The van der Waals surface area contributed by atoms with Crippen molar-refractivity contribution in [1.29, 1.82) is 0 Å². The molecule has 0 aromatic heterocycles. The number of anilines is 1. The number of nitrogens with one attached hydrogen (secondary N) is 1. The zero-order valence-electron chi connectivity index (χ0n) is 19.1. The number of hydrogen-bond donors (Lipinski definition) is 3. The highest BCUT2D eigenvalue weighted by Crippen LogP contribution is 2.51. The van der Waals surface area contributed by atoms with Crippen molar-refractivity contribution >= 4 is 27.5 Å². The van der Waals surface area contributed by atoms with Gasteiger partial charge in [0.2, 0.25) is 11.8 Å². The first-order chi connectivity index (χ1) is 17.4. The van der Waals surface area contributed by atoms with Crippen LogP contribution in [-0.2, 0) is 31.6 Å². The number of halogens is 7. The summed E-state index contributed by atoms with van der Waals surface area (Å²) in [5.74, 6) is -2.48. The number of fused-ring (bicyclic) bond motifs is 1.